The van der Waals surface area contributed by atoms with E-state index < -0.39 is 0 Å². The van der Waals surface area contributed by atoms with Crippen LogP contribution < -0.4 is 0 Å². The number of oxime groups is 1. The van der Waals surface area contributed by atoms with Crippen molar-refractivity contribution in [1.29, 1.82) is 0 Å². The van der Waals surface area contributed by atoms with Gasteiger partial charge < -0.3 is 9.94 Å². The van der Waals surface area contributed by atoms with E-state index in [9.17, 15) is 10.0 Å². The summed E-state index contributed by atoms with van der Waals surface area (Å²) in [6.45, 7) is 2.17. The molecule has 1 saturated carbocycles. The average Bonchev–Trinajstić information content (AvgIpc) is 2.87. The van der Waals surface area contributed by atoms with Gasteiger partial charge in [0.1, 0.15) is 0 Å². The van der Waals surface area contributed by atoms with Crippen molar-refractivity contribution < 1.29 is 14.7 Å². The smallest absolute Gasteiger partial charge is 0.156 e. The number of hydrogen-bond acceptors (Lipinski definition) is 6. The number of rotatable bonds is 4. The van der Waals surface area contributed by atoms with E-state index in [4.69, 9.17) is 4.74 Å². The van der Waals surface area contributed by atoms with E-state index in [1.807, 2.05) is 6.26 Å². The lowest BCUT2D eigenvalue weighted by Crippen LogP contribution is -2.29. The first-order valence-corrected chi connectivity index (χ1v) is 10.9. The summed E-state index contributed by atoms with van der Waals surface area (Å²) in [4.78, 5) is 12.5. The van der Waals surface area contributed by atoms with Crippen molar-refractivity contribution in [3.63, 3.8) is 0 Å². The van der Waals surface area contributed by atoms with Crippen molar-refractivity contribution in [3.05, 3.63) is 44.6 Å². The lowest BCUT2D eigenvalue weighted by molar-refractivity contribution is -0.104. The Labute approximate surface area is 163 Å². The summed E-state index contributed by atoms with van der Waals surface area (Å²) in [6, 6.07) is 0. The highest BCUT2D eigenvalue weighted by Crippen LogP contribution is 2.48. The van der Waals surface area contributed by atoms with Crippen molar-refractivity contribution >= 4 is 35.5 Å². The minimum Gasteiger partial charge on any atom is -0.411 e. The molecule has 1 heterocycles. The average molecular weight is 392 g/mol. The fraction of sp³-hybridized carbons (Fsp3) is 0.500. The number of allylic oxidation sites excluding steroid dienone is 5. The van der Waals surface area contributed by atoms with E-state index in [1.54, 1.807) is 18.9 Å². The number of carbonyl (C=O) groups excluding carboxylic acids is 1. The van der Waals surface area contributed by atoms with Crippen molar-refractivity contribution in [3.8, 4) is 0 Å². The third-order valence-corrected chi connectivity index (χ3v) is 7.62. The fourth-order valence-electron chi connectivity index (χ4n) is 3.99. The van der Waals surface area contributed by atoms with E-state index >= 15 is 0 Å². The lowest BCUT2D eigenvalue weighted by atomic mass is 9.73. The molecule has 6 heteroatoms. The van der Waals surface area contributed by atoms with E-state index in [1.165, 1.54) is 17.3 Å². The number of fused-ring (bicyclic) bond motifs is 1. The molecule has 0 saturated heterocycles. The quantitative estimate of drug-likeness (QED) is 0.424. The van der Waals surface area contributed by atoms with Gasteiger partial charge in [-0.1, -0.05) is 48.1 Å². The van der Waals surface area contributed by atoms with Crippen LogP contribution in [0.25, 0.3) is 0 Å². The largest absolute Gasteiger partial charge is 0.411 e. The zero-order valence-corrected chi connectivity index (χ0v) is 17.0. The molecule has 3 unspecified atom stereocenters. The van der Waals surface area contributed by atoms with E-state index in [-0.39, 0.29) is 17.9 Å². The van der Waals surface area contributed by atoms with Gasteiger partial charge in [-0.2, -0.15) is 0 Å². The minimum absolute atomic E-state index is 0.0559. The van der Waals surface area contributed by atoms with E-state index in [2.05, 4.69) is 36.4 Å². The van der Waals surface area contributed by atoms with Crippen LogP contribution >= 0.6 is 23.5 Å². The Balaban J connectivity index is 1.94. The first kappa shape index (κ1) is 19.5. The Hall–Kier alpha value is -1.24. The van der Waals surface area contributed by atoms with Crippen LogP contribution in [0.1, 0.15) is 26.2 Å². The van der Waals surface area contributed by atoms with Gasteiger partial charge in [-0.25, -0.2) is 0 Å². The van der Waals surface area contributed by atoms with Crippen LogP contribution in [0.3, 0.4) is 0 Å². The molecule has 0 aromatic rings. The van der Waals surface area contributed by atoms with Gasteiger partial charge in [0.25, 0.3) is 0 Å². The number of ether oxygens (including phenoxy) is 1. The van der Waals surface area contributed by atoms with Crippen molar-refractivity contribution in [2.75, 3.05) is 13.4 Å². The van der Waals surface area contributed by atoms with Gasteiger partial charge in [-0.05, 0) is 42.6 Å². The molecule has 2 aliphatic carbocycles. The molecule has 4 atom stereocenters. The highest BCUT2D eigenvalue weighted by molar-refractivity contribution is 8.24. The second kappa shape index (κ2) is 8.63. The summed E-state index contributed by atoms with van der Waals surface area (Å²) >= 11 is 3.15. The van der Waals surface area contributed by atoms with Crippen molar-refractivity contribution in [1.82, 2.24) is 0 Å². The van der Waals surface area contributed by atoms with Crippen LogP contribution in [0.2, 0.25) is 0 Å². The summed E-state index contributed by atoms with van der Waals surface area (Å²) in [5, 5.41) is 13.2. The molecular formula is C20H25NO3S2. The Morgan fingerprint density at radius 3 is 2.85 bits per heavy atom. The van der Waals surface area contributed by atoms with Gasteiger partial charge in [0.05, 0.1) is 16.7 Å². The molecule has 26 heavy (non-hydrogen) atoms. The Kier molecular flexibility index (Phi) is 6.48. The summed E-state index contributed by atoms with van der Waals surface area (Å²) in [5.41, 5.74) is 3.08. The van der Waals surface area contributed by atoms with Crippen LogP contribution in [-0.4, -0.2) is 36.7 Å². The van der Waals surface area contributed by atoms with Gasteiger partial charge in [-0.3, -0.25) is 4.79 Å². The van der Waals surface area contributed by atoms with Gasteiger partial charge in [0.2, 0.25) is 0 Å². The molecule has 1 N–H and O–H groups in total. The predicted octanol–water partition coefficient (Wildman–Crippen LogP) is 4.78. The summed E-state index contributed by atoms with van der Waals surface area (Å²) in [6.07, 6.45) is 14.3. The number of methoxy groups -OCH3 is 1. The molecule has 0 spiro atoms. The third-order valence-electron chi connectivity index (χ3n) is 5.42. The summed E-state index contributed by atoms with van der Waals surface area (Å²) < 4.78 is 6.67. The van der Waals surface area contributed by atoms with Gasteiger partial charge in [0, 0.05) is 23.2 Å². The van der Waals surface area contributed by atoms with Crippen molar-refractivity contribution in [2.24, 2.45) is 22.9 Å². The van der Waals surface area contributed by atoms with Gasteiger partial charge >= 0.3 is 0 Å². The number of carbonyl (C=O) groups is 1. The summed E-state index contributed by atoms with van der Waals surface area (Å²) in [7, 11) is 1.76. The standard InChI is InChI=1S/C20H25NO3S2/c1-12-7-13(5-4-6-18(12)24-2)14-8-16-15(17(9-14)21-23)10-20(25-3)26-19(16)11-22/h4-5,7,10-12,14-15,18,23H,6,8-9H2,1-3H3/b21-17+/t12-,14?,15?,18?/m1/s1. The SMILES string of the molecule is COC1CC=CC(C2CC3=C(C=O)SC(SC)=CC3/C(=N/O)C2)=C[C@H]1C. The number of thioether (sulfide) groups is 2. The predicted molar refractivity (Wildman–Crippen MR) is 110 cm³/mol. The molecule has 0 aromatic carbocycles. The second-order valence-electron chi connectivity index (χ2n) is 6.91. The second-order valence-corrected chi connectivity index (χ2v) is 9.10. The van der Waals surface area contributed by atoms with Crippen LogP contribution in [0.5, 0.6) is 0 Å². The number of aldehydes is 1. The zero-order valence-electron chi connectivity index (χ0n) is 15.3. The number of nitrogens with zero attached hydrogens (tertiary/aromatic N) is 1. The molecule has 0 aromatic heterocycles. The molecule has 1 aliphatic heterocycles. The van der Waals surface area contributed by atoms with Crippen LogP contribution in [-0.2, 0) is 9.53 Å². The van der Waals surface area contributed by atoms with E-state index in [0.29, 0.717) is 12.3 Å². The molecule has 0 radical (unpaired) electrons. The van der Waals surface area contributed by atoms with Crippen LogP contribution in [0, 0.1) is 17.8 Å². The zero-order chi connectivity index (χ0) is 18.7. The molecule has 0 amide bonds. The molecule has 0 bridgehead atoms. The maximum absolute atomic E-state index is 11.7. The van der Waals surface area contributed by atoms with E-state index in [0.717, 1.165) is 39.6 Å². The maximum atomic E-state index is 11.7. The lowest BCUT2D eigenvalue weighted by Gasteiger charge is -2.35. The molecule has 1 fully saturated rings. The van der Waals surface area contributed by atoms with Crippen molar-refractivity contribution in [2.45, 2.75) is 32.3 Å². The molecular weight excluding hydrogens is 366 g/mol. The maximum Gasteiger partial charge on any atom is 0.156 e. The third kappa shape index (κ3) is 3.87. The first-order valence-electron chi connectivity index (χ1n) is 8.85. The topological polar surface area (TPSA) is 58.9 Å². The van der Waals surface area contributed by atoms with Crippen LogP contribution in [0.4, 0.5) is 0 Å². The van der Waals surface area contributed by atoms with Crippen LogP contribution in [0.15, 0.2) is 49.7 Å². The molecule has 140 valence electrons. The molecule has 4 nitrogen and oxygen atoms in total. The normalized spacial score (nSPS) is 33.4. The fourth-order valence-corrected chi connectivity index (χ4v) is 5.68. The highest BCUT2D eigenvalue weighted by Gasteiger charge is 2.36. The minimum atomic E-state index is -0.0559. The van der Waals surface area contributed by atoms with Gasteiger partial charge in [0.15, 0.2) is 6.29 Å². The Morgan fingerprint density at radius 1 is 1.38 bits per heavy atom. The highest BCUT2D eigenvalue weighted by atomic mass is 32.2. The molecule has 3 aliphatic rings. The first-order chi connectivity index (χ1) is 12.6. The molecule has 3 rings (SSSR count). The summed E-state index contributed by atoms with van der Waals surface area (Å²) in [5.74, 6) is 0.487. The Bertz CT molecular complexity index is 721. The van der Waals surface area contributed by atoms with Gasteiger partial charge in [-0.15, -0.1) is 11.8 Å². The Morgan fingerprint density at radius 2 is 2.19 bits per heavy atom. The monoisotopic (exact) mass is 391 g/mol. The number of hydrogen-bond donors (Lipinski definition) is 1.